The molecule has 0 aliphatic carbocycles. The van der Waals surface area contributed by atoms with E-state index in [2.05, 4.69) is 24.1 Å². The van der Waals surface area contributed by atoms with Crippen LogP contribution in [0.15, 0.2) is 34.2 Å². The summed E-state index contributed by atoms with van der Waals surface area (Å²) in [6.45, 7) is 6.19. The van der Waals surface area contributed by atoms with Crippen LogP contribution in [-0.4, -0.2) is 40.5 Å². The molecule has 1 aromatic carbocycles. The van der Waals surface area contributed by atoms with Gasteiger partial charge >= 0.3 is 0 Å². The van der Waals surface area contributed by atoms with Gasteiger partial charge in [0.25, 0.3) is 5.56 Å². The number of hydrogen-bond acceptors (Lipinski definition) is 5. The minimum Gasteiger partial charge on any atom is -0.376 e. The van der Waals surface area contributed by atoms with Gasteiger partial charge in [0.2, 0.25) is 5.91 Å². The molecule has 0 saturated carbocycles. The third-order valence-corrected chi connectivity index (χ3v) is 5.62. The first-order chi connectivity index (χ1) is 13.0. The Morgan fingerprint density at radius 3 is 2.96 bits per heavy atom. The summed E-state index contributed by atoms with van der Waals surface area (Å²) < 4.78 is 7.23. The second-order valence-corrected chi connectivity index (χ2v) is 8.22. The van der Waals surface area contributed by atoms with Crippen LogP contribution in [-0.2, 0) is 16.1 Å². The fourth-order valence-electron chi connectivity index (χ4n) is 3.06. The molecule has 2 heterocycles. The number of carbonyl (C=O) groups is 1. The van der Waals surface area contributed by atoms with Crippen LogP contribution in [0.2, 0.25) is 0 Å². The number of benzene rings is 1. The molecule has 146 valence electrons. The van der Waals surface area contributed by atoms with Gasteiger partial charge < -0.3 is 10.1 Å². The molecule has 1 saturated heterocycles. The number of ether oxygens (including phenoxy) is 1. The first kappa shape index (κ1) is 19.9. The van der Waals surface area contributed by atoms with Crippen LogP contribution < -0.4 is 10.9 Å². The molecule has 1 atom stereocenters. The average Bonchev–Trinajstić information content (AvgIpc) is 3.17. The topological polar surface area (TPSA) is 73.2 Å². The van der Waals surface area contributed by atoms with Gasteiger partial charge in [-0.2, -0.15) is 0 Å². The van der Waals surface area contributed by atoms with E-state index in [1.54, 1.807) is 10.6 Å². The van der Waals surface area contributed by atoms with Crippen molar-refractivity contribution in [1.82, 2.24) is 14.9 Å². The van der Waals surface area contributed by atoms with Crippen LogP contribution in [0.3, 0.4) is 0 Å². The van der Waals surface area contributed by atoms with Gasteiger partial charge in [-0.1, -0.05) is 37.7 Å². The summed E-state index contributed by atoms with van der Waals surface area (Å²) >= 11 is 1.32. The number of rotatable bonds is 8. The van der Waals surface area contributed by atoms with Crippen molar-refractivity contribution in [3.05, 3.63) is 34.6 Å². The Bertz CT molecular complexity index is 844. The number of aromatic nitrogens is 2. The van der Waals surface area contributed by atoms with Gasteiger partial charge in [-0.25, -0.2) is 4.98 Å². The molecule has 1 fully saturated rings. The summed E-state index contributed by atoms with van der Waals surface area (Å²) in [4.78, 5) is 29.7. The largest absolute Gasteiger partial charge is 0.376 e. The van der Waals surface area contributed by atoms with Gasteiger partial charge in [-0.3, -0.25) is 14.2 Å². The summed E-state index contributed by atoms with van der Waals surface area (Å²) in [5.41, 5.74) is 0.633. The zero-order valence-electron chi connectivity index (χ0n) is 15.9. The molecule has 0 unspecified atom stereocenters. The van der Waals surface area contributed by atoms with Crippen LogP contribution in [0.4, 0.5) is 0 Å². The van der Waals surface area contributed by atoms with Crippen LogP contribution in [0.25, 0.3) is 10.9 Å². The highest BCUT2D eigenvalue weighted by atomic mass is 32.2. The molecule has 7 heteroatoms. The lowest BCUT2D eigenvalue weighted by atomic mass is 10.1. The van der Waals surface area contributed by atoms with E-state index < -0.39 is 0 Å². The predicted molar refractivity (Wildman–Crippen MR) is 108 cm³/mol. The maximum atomic E-state index is 12.9. The van der Waals surface area contributed by atoms with Crippen molar-refractivity contribution in [2.24, 2.45) is 5.92 Å². The molecular formula is C20H27N3O3S. The third kappa shape index (κ3) is 5.32. The molecule has 1 aliphatic rings. The lowest BCUT2D eigenvalue weighted by Crippen LogP contribution is -2.33. The van der Waals surface area contributed by atoms with Crippen molar-refractivity contribution in [3.63, 3.8) is 0 Å². The molecule has 27 heavy (non-hydrogen) atoms. The van der Waals surface area contributed by atoms with E-state index in [9.17, 15) is 9.59 Å². The second-order valence-electron chi connectivity index (χ2n) is 7.28. The van der Waals surface area contributed by atoms with E-state index in [4.69, 9.17) is 4.74 Å². The Morgan fingerprint density at radius 2 is 2.22 bits per heavy atom. The van der Waals surface area contributed by atoms with Crippen molar-refractivity contribution < 1.29 is 9.53 Å². The Balaban J connectivity index is 1.72. The van der Waals surface area contributed by atoms with Gasteiger partial charge in [0.15, 0.2) is 5.16 Å². The highest BCUT2D eigenvalue weighted by Gasteiger charge is 2.17. The summed E-state index contributed by atoms with van der Waals surface area (Å²) in [7, 11) is 0. The van der Waals surface area contributed by atoms with Gasteiger partial charge in [-0.05, 0) is 37.3 Å². The van der Waals surface area contributed by atoms with Gasteiger partial charge in [-0.15, -0.1) is 0 Å². The smallest absolute Gasteiger partial charge is 0.262 e. The Hall–Kier alpha value is -1.86. The lowest BCUT2D eigenvalue weighted by Gasteiger charge is -2.14. The van der Waals surface area contributed by atoms with E-state index >= 15 is 0 Å². The molecular weight excluding hydrogens is 362 g/mol. The van der Waals surface area contributed by atoms with Crippen molar-refractivity contribution >= 4 is 28.6 Å². The van der Waals surface area contributed by atoms with Crippen LogP contribution >= 0.6 is 11.8 Å². The molecule has 1 aromatic heterocycles. The van der Waals surface area contributed by atoms with Crippen LogP contribution in [0, 0.1) is 5.92 Å². The van der Waals surface area contributed by atoms with Crippen molar-refractivity contribution in [2.45, 2.75) is 50.9 Å². The molecule has 3 rings (SSSR count). The van der Waals surface area contributed by atoms with E-state index in [0.717, 1.165) is 25.9 Å². The molecule has 0 bridgehead atoms. The number of nitrogens with zero attached hydrogens (tertiary/aromatic N) is 2. The zero-order valence-corrected chi connectivity index (χ0v) is 16.8. The highest BCUT2D eigenvalue weighted by Crippen LogP contribution is 2.19. The molecule has 1 N–H and O–H groups in total. The summed E-state index contributed by atoms with van der Waals surface area (Å²) in [6, 6.07) is 7.37. The quantitative estimate of drug-likeness (QED) is 0.555. The number of thioether (sulfide) groups is 1. The number of amides is 1. The van der Waals surface area contributed by atoms with E-state index in [0.29, 0.717) is 35.1 Å². The number of carbonyl (C=O) groups excluding carboxylic acids is 1. The SMILES string of the molecule is CC(C)CCn1c(SCC(=O)NC[C@H]2CCCO2)nc2ccccc2c1=O. The monoisotopic (exact) mass is 389 g/mol. The Morgan fingerprint density at radius 1 is 1.41 bits per heavy atom. The fraction of sp³-hybridized carbons (Fsp3) is 0.550. The lowest BCUT2D eigenvalue weighted by molar-refractivity contribution is -0.119. The number of nitrogens with one attached hydrogen (secondary N) is 1. The predicted octanol–water partition coefficient (Wildman–Crippen LogP) is 2.83. The minimum atomic E-state index is -0.0617. The fourth-order valence-corrected chi connectivity index (χ4v) is 3.91. The first-order valence-corrected chi connectivity index (χ1v) is 10.5. The zero-order chi connectivity index (χ0) is 19.2. The van der Waals surface area contributed by atoms with Crippen LogP contribution in [0.1, 0.15) is 33.1 Å². The van der Waals surface area contributed by atoms with E-state index in [1.807, 2.05) is 18.2 Å². The van der Waals surface area contributed by atoms with Gasteiger partial charge in [0.1, 0.15) is 0 Å². The van der Waals surface area contributed by atoms with Crippen molar-refractivity contribution in [2.75, 3.05) is 18.9 Å². The third-order valence-electron chi connectivity index (χ3n) is 4.64. The minimum absolute atomic E-state index is 0.0384. The number of fused-ring (bicyclic) bond motifs is 1. The van der Waals surface area contributed by atoms with Gasteiger partial charge in [0, 0.05) is 19.7 Å². The van der Waals surface area contributed by atoms with E-state index in [-0.39, 0.29) is 23.3 Å². The summed E-state index contributed by atoms with van der Waals surface area (Å²) in [5.74, 6) is 0.656. The average molecular weight is 390 g/mol. The van der Waals surface area contributed by atoms with Crippen molar-refractivity contribution in [3.8, 4) is 0 Å². The second kappa shape index (κ2) is 9.37. The normalized spacial score (nSPS) is 16.9. The molecule has 6 nitrogen and oxygen atoms in total. The molecule has 0 radical (unpaired) electrons. The summed E-state index contributed by atoms with van der Waals surface area (Å²) in [5, 5.41) is 4.14. The summed E-state index contributed by atoms with van der Waals surface area (Å²) in [6.07, 6.45) is 3.06. The van der Waals surface area contributed by atoms with Gasteiger partial charge in [0.05, 0.1) is 22.8 Å². The van der Waals surface area contributed by atoms with Crippen molar-refractivity contribution in [1.29, 1.82) is 0 Å². The maximum Gasteiger partial charge on any atom is 0.262 e. The highest BCUT2D eigenvalue weighted by molar-refractivity contribution is 7.99. The first-order valence-electron chi connectivity index (χ1n) is 9.55. The molecule has 1 aliphatic heterocycles. The number of hydrogen-bond donors (Lipinski definition) is 1. The number of para-hydroxylation sites is 1. The standard InChI is InChI=1S/C20H27N3O3S/c1-14(2)9-10-23-19(25)16-7-3-4-8-17(16)22-20(23)27-13-18(24)21-12-15-6-5-11-26-15/h3-4,7-8,14-15H,5-6,9-13H2,1-2H3,(H,21,24)/t15-/m1/s1. The molecule has 0 spiro atoms. The molecule has 2 aromatic rings. The van der Waals surface area contributed by atoms with E-state index in [1.165, 1.54) is 11.8 Å². The molecule has 1 amide bonds. The Labute approximate surface area is 163 Å². The Kier molecular flexibility index (Phi) is 6.90. The van der Waals surface area contributed by atoms with Crippen LogP contribution in [0.5, 0.6) is 0 Å². The maximum absolute atomic E-state index is 12.9.